The van der Waals surface area contributed by atoms with Gasteiger partial charge in [-0.2, -0.15) is 0 Å². The highest BCUT2D eigenvalue weighted by Gasteiger charge is 2.24. The summed E-state index contributed by atoms with van der Waals surface area (Å²) in [6.07, 6.45) is 7.06. The highest BCUT2D eigenvalue weighted by atomic mass is 16.2. The first-order valence-electron chi connectivity index (χ1n) is 8.29. The Bertz CT molecular complexity index is 275. The summed E-state index contributed by atoms with van der Waals surface area (Å²) in [5.41, 5.74) is 5.61. The fourth-order valence-electron chi connectivity index (χ4n) is 2.94. The van der Waals surface area contributed by atoms with Gasteiger partial charge in [-0.1, -0.05) is 33.1 Å². The summed E-state index contributed by atoms with van der Waals surface area (Å²) in [7, 11) is 0. The van der Waals surface area contributed by atoms with Gasteiger partial charge in [-0.15, -0.1) is 0 Å². The lowest BCUT2D eigenvalue weighted by atomic mass is 9.95. The molecule has 0 spiro atoms. The second-order valence-corrected chi connectivity index (χ2v) is 6.55. The monoisotopic (exact) mass is 283 g/mol. The molecule has 4 heteroatoms. The van der Waals surface area contributed by atoms with Crippen molar-refractivity contribution in [3.05, 3.63) is 0 Å². The fraction of sp³-hybridized carbons (Fsp3) is 0.938. The molecule has 0 aliphatic heterocycles. The SMILES string of the molecule is CC(C)CN(CCCN)C(C)C(=O)NC1CCCCC1. The zero-order valence-electron chi connectivity index (χ0n) is 13.5. The molecule has 4 nitrogen and oxygen atoms in total. The van der Waals surface area contributed by atoms with E-state index >= 15 is 0 Å². The minimum absolute atomic E-state index is 0.0501. The van der Waals surface area contributed by atoms with Gasteiger partial charge in [-0.3, -0.25) is 9.69 Å². The number of carbonyl (C=O) groups excluding carboxylic acids is 1. The quantitative estimate of drug-likeness (QED) is 0.717. The van der Waals surface area contributed by atoms with E-state index in [2.05, 4.69) is 24.1 Å². The molecule has 1 amide bonds. The Balaban J connectivity index is 2.47. The van der Waals surface area contributed by atoms with Crippen molar-refractivity contribution in [3.63, 3.8) is 0 Å². The molecule has 1 aliphatic rings. The summed E-state index contributed by atoms with van der Waals surface area (Å²) >= 11 is 0. The molecule has 0 bridgehead atoms. The predicted molar refractivity (Wildman–Crippen MR) is 84.6 cm³/mol. The van der Waals surface area contributed by atoms with Crippen LogP contribution < -0.4 is 11.1 Å². The largest absolute Gasteiger partial charge is 0.352 e. The van der Waals surface area contributed by atoms with Crippen LogP contribution in [0.3, 0.4) is 0 Å². The molecule has 1 aliphatic carbocycles. The van der Waals surface area contributed by atoms with E-state index in [-0.39, 0.29) is 11.9 Å². The number of nitrogens with zero attached hydrogens (tertiary/aromatic N) is 1. The summed E-state index contributed by atoms with van der Waals surface area (Å²) in [5, 5.41) is 3.24. The lowest BCUT2D eigenvalue weighted by Crippen LogP contribution is -2.50. The number of rotatable bonds is 8. The number of nitrogens with one attached hydrogen (secondary N) is 1. The van der Waals surface area contributed by atoms with Gasteiger partial charge >= 0.3 is 0 Å². The third-order valence-electron chi connectivity index (χ3n) is 4.13. The number of nitrogens with two attached hydrogens (primary N) is 1. The molecule has 3 N–H and O–H groups in total. The van der Waals surface area contributed by atoms with Crippen LogP contribution in [0.1, 0.15) is 59.3 Å². The van der Waals surface area contributed by atoms with E-state index in [1.54, 1.807) is 0 Å². The Labute approximate surface area is 124 Å². The van der Waals surface area contributed by atoms with Crippen molar-refractivity contribution >= 4 is 5.91 Å². The summed E-state index contributed by atoms with van der Waals surface area (Å²) in [5.74, 6) is 0.757. The standard InChI is InChI=1S/C16H33N3O/c1-13(2)12-19(11-7-10-17)14(3)16(20)18-15-8-5-4-6-9-15/h13-15H,4-12,17H2,1-3H3,(H,18,20). The van der Waals surface area contributed by atoms with Gasteiger partial charge in [-0.25, -0.2) is 0 Å². The Kier molecular flexibility index (Phi) is 8.15. The third kappa shape index (κ3) is 6.23. The maximum absolute atomic E-state index is 12.4. The smallest absolute Gasteiger partial charge is 0.237 e. The molecule has 0 saturated heterocycles. The molecular weight excluding hydrogens is 250 g/mol. The van der Waals surface area contributed by atoms with Crippen molar-refractivity contribution in [1.29, 1.82) is 0 Å². The van der Waals surface area contributed by atoms with Crippen molar-refractivity contribution in [1.82, 2.24) is 10.2 Å². The summed E-state index contributed by atoms with van der Waals surface area (Å²) in [6.45, 7) is 8.97. The molecule has 0 aromatic rings. The van der Waals surface area contributed by atoms with Crippen LogP contribution in [-0.4, -0.2) is 42.5 Å². The fourth-order valence-corrected chi connectivity index (χ4v) is 2.94. The number of amides is 1. The Morgan fingerprint density at radius 1 is 1.25 bits per heavy atom. The molecule has 118 valence electrons. The van der Waals surface area contributed by atoms with Crippen LogP contribution in [0, 0.1) is 5.92 Å². The lowest BCUT2D eigenvalue weighted by Gasteiger charge is -2.32. The normalized spacial score (nSPS) is 18.5. The van der Waals surface area contributed by atoms with Gasteiger partial charge < -0.3 is 11.1 Å². The summed E-state index contributed by atoms with van der Waals surface area (Å²) in [6, 6.07) is 0.347. The average Bonchev–Trinajstić information content (AvgIpc) is 2.43. The van der Waals surface area contributed by atoms with Crippen LogP contribution in [0.15, 0.2) is 0 Å². The zero-order chi connectivity index (χ0) is 15.0. The molecule has 0 aromatic heterocycles. The minimum Gasteiger partial charge on any atom is -0.352 e. The number of carbonyl (C=O) groups is 1. The average molecular weight is 283 g/mol. The number of hydrogen-bond acceptors (Lipinski definition) is 3. The van der Waals surface area contributed by atoms with E-state index in [1.165, 1.54) is 19.3 Å². The van der Waals surface area contributed by atoms with Gasteiger partial charge in [0.15, 0.2) is 0 Å². The maximum atomic E-state index is 12.4. The van der Waals surface area contributed by atoms with Gasteiger partial charge in [0.2, 0.25) is 5.91 Å². The highest BCUT2D eigenvalue weighted by molar-refractivity contribution is 5.81. The van der Waals surface area contributed by atoms with Crippen molar-refractivity contribution < 1.29 is 4.79 Å². The topological polar surface area (TPSA) is 58.4 Å². The van der Waals surface area contributed by atoms with E-state index < -0.39 is 0 Å². The molecular formula is C16H33N3O. The minimum atomic E-state index is -0.0501. The molecule has 1 atom stereocenters. The van der Waals surface area contributed by atoms with Crippen molar-refractivity contribution in [2.75, 3.05) is 19.6 Å². The van der Waals surface area contributed by atoms with E-state index in [0.717, 1.165) is 32.4 Å². The maximum Gasteiger partial charge on any atom is 0.237 e. The van der Waals surface area contributed by atoms with Crippen LogP contribution in [0.25, 0.3) is 0 Å². The number of hydrogen-bond donors (Lipinski definition) is 2. The molecule has 20 heavy (non-hydrogen) atoms. The van der Waals surface area contributed by atoms with E-state index in [1.807, 2.05) is 6.92 Å². The molecule has 1 rings (SSSR count). The van der Waals surface area contributed by atoms with Crippen LogP contribution >= 0.6 is 0 Å². The zero-order valence-corrected chi connectivity index (χ0v) is 13.5. The molecule has 0 heterocycles. The molecule has 1 saturated carbocycles. The highest BCUT2D eigenvalue weighted by Crippen LogP contribution is 2.17. The van der Waals surface area contributed by atoms with Crippen LogP contribution in [0.4, 0.5) is 0 Å². The van der Waals surface area contributed by atoms with Gasteiger partial charge in [0, 0.05) is 19.1 Å². The molecule has 1 unspecified atom stereocenters. The predicted octanol–water partition coefficient (Wildman–Crippen LogP) is 2.13. The van der Waals surface area contributed by atoms with Gasteiger partial charge in [0.1, 0.15) is 0 Å². The van der Waals surface area contributed by atoms with Gasteiger partial charge in [0.25, 0.3) is 0 Å². The molecule has 0 radical (unpaired) electrons. The second-order valence-electron chi connectivity index (χ2n) is 6.55. The van der Waals surface area contributed by atoms with E-state index in [0.29, 0.717) is 18.5 Å². The van der Waals surface area contributed by atoms with Crippen molar-refractivity contribution in [2.45, 2.75) is 71.4 Å². The van der Waals surface area contributed by atoms with E-state index in [9.17, 15) is 4.79 Å². The van der Waals surface area contributed by atoms with Crippen molar-refractivity contribution in [2.24, 2.45) is 11.7 Å². The summed E-state index contributed by atoms with van der Waals surface area (Å²) in [4.78, 5) is 14.7. The molecule has 1 fully saturated rings. The molecule has 0 aromatic carbocycles. The van der Waals surface area contributed by atoms with Crippen LogP contribution in [0.5, 0.6) is 0 Å². The Morgan fingerprint density at radius 3 is 2.45 bits per heavy atom. The third-order valence-corrected chi connectivity index (χ3v) is 4.13. The Hall–Kier alpha value is -0.610. The van der Waals surface area contributed by atoms with Crippen LogP contribution in [-0.2, 0) is 4.79 Å². The van der Waals surface area contributed by atoms with E-state index in [4.69, 9.17) is 5.73 Å². The van der Waals surface area contributed by atoms with Crippen LogP contribution in [0.2, 0.25) is 0 Å². The first kappa shape index (κ1) is 17.4. The first-order valence-corrected chi connectivity index (χ1v) is 8.29. The Morgan fingerprint density at radius 2 is 1.90 bits per heavy atom. The van der Waals surface area contributed by atoms with Gasteiger partial charge in [0.05, 0.1) is 6.04 Å². The first-order chi connectivity index (χ1) is 9.54. The van der Waals surface area contributed by atoms with Gasteiger partial charge in [-0.05, 0) is 38.6 Å². The lowest BCUT2D eigenvalue weighted by molar-refractivity contribution is -0.127. The summed E-state index contributed by atoms with van der Waals surface area (Å²) < 4.78 is 0. The van der Waals surface area contributed by atoms with Crippen molar-refractivity contribution in [3.8, 4) is 0 Å². The second kappa shape index (κ2) is 9.35.